The lowest BCUT2D eigenvalue weighted by Gasteiger charge is -2.20. The molecule has 6 nitrogen and oxygen atoms in total. The molecule has 0 aliphatic carbocycles. The van der Waals surface area contributed by atoms with Gasteiger partial charge in [0.25, 0.3) is 0 Å². The van der Waals surface area contributed by atoms with E-state index >= 15 is 0 Å². The highest BCUT2D eigenvalue weighted by Crippen LogP contribution is 2.12. The molecule has 0 radical (unpaired) electrons. The van der Waals surface area contributed by atoms with Crippen LogP contribution in [0, 0.1) is 5.41 Å². The standard InChI is InChI=1S/C9H18N2O4/c1-9(2,8(13)14)5-11-7(12)6(10)4-15-3/h6H,4-5,10H2,1-3H3,(H,11,12)(H,13,14). The molecule has 1 atom stereocenters. The third-order valence-electron chi connectivity index (χ3n) is 1.97. The second kappa shape index (κ2) is 5.67. The first-order valence-corrected chi connectivity index (χ1v) is 4.57. The van der Waals surface area contributed by atoms with E-state index in [4.69, 9.17) is 15.6 Å². The number of nitrogens with two attached hydrogens (primary N) is 1. The largest absolute Gasteiger partial charge is 0.481 e. The van der Waals surface area contributed by atoms with E-state index in [1.807, 2.05) is 0 Å². The van der Waals surface area contributed by atoms with E-state index in [9.17, 15) is 9.59 Å². The summed E-state index contributed by atoms with van der Waals surface area (Å²) in [5, 5.41) is 11.3. The zero-order chi connectivity index (χ0) is 12.1. The second-order valence-corrected chi connectivity index (χ2v) is 3.97. The van der Waals surface area contributed by atoms with Crippen LogP contribution in [-0.4, -0.2) is 43.3 Å². The quantitative estimate of drug-likeness (QED) is 0.541. The highest BCUT2D eigenvalue weighted by Gasteiger charge is 2.28. The number of ether oxygens (including phenoxy) is 1. The molecule has 0 fully saturated rings. The minimum atomic E-state index is -0.998. The first kappa shape index (κ1) is 13.9. The number of nitrogens with one attached hydrogen (secondary N) is 1. The van der Waals surface area contributed by atoms with Gasteiger partial charge in [-0.25, -0.2) is 0 Å². The van der Waals surface area contributed by atoms with Gasteiger partial charge in [0.1, 0.15) is 6.04 Å². The number of carboxylic acids is 1. The monoisotopic (exact) mass is 218 g/mol. The molecular weight excluding hydrogens is 200 g/mol. The number of aliphatic carboxylic acids is 1. The van der Waals surface area contributed by atoms with Crippen molar-refractivity contribution in [1.29, 1.82) is 0 Å². The topological polar surface area (TPSA) is 102 Å². The molecule has 0 aromatic heterocycles. The fraction of sp³-hybridized carbons (Fsp3) is 0.778. The fourth-order valence-corrected chi connectivity index (χ4v) is 0.770. The summed E-state index contributed by atoms with van der Waals surface area (Å²) in [5.74, 6) is -1.38. The smallest absolute Gasteiger partial charge is 0.310 e. The maximum Gasteiger partial charge on any atom is 0.310 e. The molecule has 0 aromatic carbocycles. The number of rotatable bonds is 6. The number of hydrogen-bond donors (Lipinski definition) is 3. The molecule has 0 aliphatic heterocycles. The van der Waals surface area contributed by atoms with Crippen molar-refractivity contribution in [2.24, 2.45) is 11.1 Å². The molecule has 0 saturated heterocycles. The normalized spacial score (nSPS) is 13.3. The number of carboxylic acid groups (broad SMARTS) is 1. The summed E-state index contributed by atoms with van der Waals surface area (Å²) < 4.78 is 4.70. The zero-order valence-electron chi connectivity index (χ0n) is 9.24. The summed E-state index contributed by atoms with van der Waals surface area (Å²) in [7, 11) is 1.44. The van der Waals surface area contributed by atoms with Crippen molar-refractivity contribution >= 4 is 11.9 Å². The number of methoxy groups -OCH3 is 1. The predicted octanol–water partition coefficient (Wildman–Crippen LogP) is -0.813. The van der Waals surface area contributed by atoms with E-state index in [0.29, 0.717) is 0 Å². The Kier molecular flexibility index (Phi) is 5.24. The molecule has 6 heteroatoms. The molecule has 0 saturated carbocycles. The summed E-state index contributed by atoms with van der Waals surface area (Å²) >= 11 is 0. The molecule has 15 heavy (non-hydrogen) atoms. The highest BCUT2D eigenvalue weighted by molar-refractivity contribution is 5.82. The van der Waals surface area contributed by atoms with Gasteiger partial charge >= 0.3 is 5.97 Å². The van der Waals surface area contributed by atoms with Crippen LogP contribution in [0.5, 0.6) is 0 Å². The van der Waals surface area contributed by atoms with E-state index in [1.165, 1.54) is 21.0 Å². The Morgan fingerprint density at radius 2 is 2.07 bits per heavy atom. The van der Waals surface area contributed by atoms with Gasteiger partial charge in [-0.1, -0.05) is 0 Å². The van der Waals surface area contributed by atoms with Gasteiger partial charge in [0.2, 0.25) is 5.91 Å². The minimum Gasteiger partial charge on any atom is -0.481 e. The minimum absolute atomic E-state index is 0.0403. The Balaban J connectivity index is 4.05. The van der Waals surface area contributed by atoms with Crippen molar-refractivity contribution < 1.29 is 19.4 Å². The molecule has 0 spiro atoms. The van der Waals surface area contributed by atoms with Crippen LogP contribution in [0.25, 0.3) is 0 Å². The van der Waals surface area contributed by atoms with Gasteiger partial charge in [0.15, 0.2) is 0 Å². The third kappa shape index (κ3) is 4.75. The van der Waals surface area contributed by atoms with E-state index in [1.54, 1.807) is 0 Å². The Labute approximate surface area is 88.8 Å². The zero-order valence-corrected chi connectivity index (χ0v) is 9.24. The van der Waals surface area contributed by atoms with Gasteiger partial charge in [-0.2, -0.15) is 0 Å². The molecule has 1 unspecified atom stereocenters. The van der Waals surface area contributed by atoms with E-state index in [-0.39, 0.29) is 13.2 Å². The van der Waals surface area contributed by atoms with Crippen molar-refractivity contribution in [3.63, 3.8) is 0 Å². The Morgan fingerprint density at radius 1 is 1.53 bits per heavy atom. The lowest BCUT2D eigenvalue weighted by molar-refractivity contribution is -0.146. The number of hydrogen-bond acceptors (Lipinski definition) is 4. The first-order chi connectivity index (χ1) is 6.81. The molecule has 0 aliphatic rings. The van der Waals surface area contributed by atoms with Gasteiger partial charge in [-0.3, -0.25) is 9.59 Å². The van der Waals surface area contributed by atoms with Crippen LogP contribution in [0.4, 0.5) is 0 Å². The Morgan fingerprint density at radius 3 is 2.47 bits per heavy atom. The first-order valence-electron chi connectivity index (χ1n) is 4.57. The van der Waals surface area contributed by atoms with Gasteiger partial charge in [-0.05, 0) is 13.8 Å². The molecule has 4 N–H and O–H groups in total. The lowest BCUT2D eigenvalue weighted by Crippen LogP contribution is -2.47. The molecule has 0 bridgehead atoms. The second-order valence-electron chi connectivity index (χ2n) is 3.97. The molecule has 88 valence electrons. The van der Waals surface area contributed by atoms with Gasteiger partial charge in [0.05, 0.1) is 12.0 Å². The van der Waals surface area contributed by atoms with Gasteiger partial charge < -0.3 is 20.9 Å². The maximum absolute atomic E-state index is 11.3. The van der Waals surface area contributed by atoms with Crippen LogP contribution in [-0.2, 0) is 14.3 Å². The van der Waals surface area contributed by atoms with Crippen LogP contribution in [0.1, 0.15) is 13.8 Å². The van der Waals surface area contributed by atoms with Gasteiger partial charge in [-0.15, -0.1) is 0 Å². The van der Waals surface area contributed by atoms with E-state index in [2.05, 4.69) is 5.32 Å². The van der Waals surface area contributed by atoms with Crippen LogP contribution >= 0.6 is 0 Å². The maximum atomic E-state index is 11.3. The Bertz CT molecular complexity index is 240. The van der Waals surface area contributed by atoms with Crippen LogP contribution in [0.15, 0.2) is 0 Å². The predicted molar refractivity (Wildman–Crippen MR) is 54.3 cm³/mol. The summed E-state index contributed by atoms with van der Waals surface area (Å²) in [4.78, 5) is 22.0. The summed E-state index contributed by atoms with van der Waals surface area (Å²) in [6, 6.07) is -0.764. The van der Waals surface area contributed by atoms with Crippen LogP contribution in [0.3, 0.4) is 0 Å². The average Bonchev–Trinajstić information content (AvgIpc) is 2.14. The Hall–Kier alpha value is -1.14. The summed E-state index contributed by atoms with van der Waals surface area (Å²) in [6.07, 6.45) is 0. The molecule has 0 heterocycles. The summed E-state index contributed by atoms with van der Waals surface area (Å²) in [5.41, 5.74) is 4.45. The van der Waals surface area contributed by atoms with Crippen molar-refractivity contribution in [2.45, 2.75) is 19.9 Å². The fourth-order valence-electron chi connectivity index (χ4n) is 0.770. The van der Waals surface area contributed by atoms with Crippen molar-refractivity contribution in [1.82, 2.24) is 5.32 Å². The lowest BCUT2D eigenvalue weighted by atomic mass is 9.94. The average molecular weight is 218 g/mol. The highest BCUT2D eigenvalue weighted by atomic mass is 16.5. The van der Waals surface area contributed by atoms with Crippen LogP contribution in [0.2, 0.25) is 0 Å². The van der Waals surface area contributed by atoms with Crippen molar-refractivity contribution in [3.8, 4) is 0 Å². The SMILES string of the molecule is COCC(N)C(=O)NCC(C)(C)C(=O)O. The number of carbonyl (C=O) groups excluding carboxylic acids is 1. The molecule has 0 rings (SSSR count). The third-order valence-corrected chi connectivity index (χ3v) is 1.97. The summed E-state index contributed by atoms with van der Waals surface area (Å²) in [6.45, 7) is 3.20. The van der Waals surface area contributed by atoms with Gasteiger partial charge in [0, 0.05) is 13.7 Å². The van der Waals surface area contributed by atoms with Crippen molar-refractivity contribution in [3.05, 3.63) is 0 Å². The van der Waals surface area contributed by atoms with E-state index < -0.39 is 23.3 Å². The van der Waals surface area contributed by atoms with Crippen molar-refractivity contribution in [2.75, 3.05) is 20.3 Å². The number of carbonyl (C=O) groups is 2. The number of amides is 1. The molecular formula is C9H18N2O4. The van der Waals surface area contributed by atoms with E-state index in [0.717, 1.165) is 0 Å². The molecule has 0 aromatic rings. The van der Waals surface area contributed by atoms with Crippen LogP contribution < -0.4 is 11.1 Å². The molecule has 1 amide bonds.